The summed E-state index contributed by atoms with van der Waals surface area (Å²) in [6, 6.07) is 31.8. The van der Waals surface area contributed by atoms with Crippen LogP contribution in [0, 0.1) is 0 Å². The monoisotopic (exact) mass is 377 g/mol. The van der Waals surface area contributed by atoms with Gasteiger partial charge >= 0.3 is 0 Å². The number of hydrogen-bond acceptors (Lipinski definition) is 3. The highest BCUT2D eigenvalue weighted by molar-refractivity contribution is 6.13. The summed E-state index contributed by atoms with van der Waals surface area (Å²) in [7, 11) is 0. The Balaban J connectivity index is 1.70. The third-order valence-electron chi connectivity index (χ3n) is 4.96. The number of rotatable bonds is 4. The van der Waals surface area contributed by atoms with Crippen molar-refractivity contribution in [1.29, 1.82) is 0 Å². The molecular weight excluding hydrogens is 358 g/mol. The van der Waals surface area contributed by atoms with E-state index in [4.69, 9.17) is 0 Å². The van der Waals surface area contributed by atoms with Crippen molar-refractivity contribution in [3.63, 3.8) is 0 Å². The van der Waals surface area contributed by atoms with Crippen LogP contribution in [0.2, 0.25) is 0 Å². The molecule has 140 valence electrons. The van der Waals surface area contributed by atoms with E-state index in [-0.39, 0.29) is 5.56 Å². The fourth-order valence-electron chi connectivity index (χ4n) is 3.63. The van der Waals surface area contributed by atoms with Crippen LogP contribution in [0.25, 0.3) is 21.7 Å². The van der Waals surface area contributed by atoms with Crippen molar-refractivity contribution in [1.82, 2.24) is 4.98 Å². The standard InChI is InChI=1S/C25H19N3O/c29-25-20-12-7-13-23(27-18-10-5-2-6-11-18)24(20)21-16-19(14-15-22(21)28-25)26-17-8-3-1-4-9-17/h1-16,26-27H,(H,28,29). The van der Waals surface area contributed by atoms with E-state index < -0.39 is 0 Å². The first kappa shape index (κ1) is 17.1. The van der Waals surface area contributed by atoms with E-state index in [1.54, 1.807) is 0 Å². The molecule has 29 heavy (non-hydrogen) atoms. The second-order valence-corrected chi connectivity index (χ2v) is 6.92. The average molecular weight is 377 g/mol. The number of fused-ring (bicyclic) bond motifs is 3. The molecule has 0 unspecified atom stereocenters. The van der Waals surface area contributed by atoms with Gasteiger partial charge in [-0.05, 0) is 54.6 Å². The zero-order valence-electron chi connectivity index (χ0n) is 15.6. The lowest BCUT2D eigenvalue weighted by Crippen LogP contribution is -2.07. The number of aromatic amines is 1. The highest BCUT2D eigenvalue weighted by atomic mass is 16.1. The van der Waals surface area contributed by atoms with Crippen LogP contribution in [0.3, 0.4) is 0 Å². The fourth-order valence-corrected chi connectivity index (χ4v) is 3.63. The Hall–Kier alpha value is -4.05. The summed E-state index contributed by atoms with van der Waals surface area (Å²) >= 11 is 0. The highest BCUT2D eigenvalue weighted by Gasteiger charge is 2.11. The maximum absolute atomic E-state index is 12.7. The molecule has 0 atom stereocenters. The van der Waals surface area contributed by atoms with Crippen LogP contribution in [0.5, 0.6) is 0 Å². The predicted molar refractivity (Wildman–Crippen MR) is 122 cm³/mol. The minimum absolute atomic E-state index is 0.0898. The summed E-state index contributed by atoms with van der Waals surface area (Å²) in [5.41, 5.74) is 4.58. The fraction of sp³-hybridized carbons (Fsp3) is 0. The van der Waals surface area contributed by atoms with Gasteiger partial charge < -0.3 is 15.6 Å². The van der Waals surface area contributed by atoms with E-state index in [9.17, 15) is 4.79 Å². The zero-order chi connectivity index (χ0) is 19.6. The van der Waals surface area contributed by atoms with Gasteiger partial charge in [0.1, 0.15) is 0 Å². The predicted octanol–water partition coefficient (Wildman–Crippen LogP) is 6.17. The molecule has 0 aliphatic rings. The van der Waals surface area contributed by atoms with E-state index in [1.807, 2.05) is 91.0 Å². The number of anilines is 4. The number of H-pyrrole nitrogens is 1. The molecule has 0 saturated heterocycles. The largest absolute Gasteiger partial charge is 0.356 e. The molecule has 0 aliphatic carbocycles. The van der Waals surface area contributed by atoms with Crippen LogP contribution in [0.4, 0.5) is 22.7 Å². The molecule has 4 nitrogen and oxygen atoms in total. The lowest BCUT2D eigenvalue weighted by atomic mass is 10.0. The summed E-state index contributed by atoms with van der Waals surface area (Å²) in [5, 5.41) is 9.45. The minimum atomic E-state index is -0.0898. The number of para-hydroxylation sites is 2. The molecule has 0 bridgehead atoms. The van der Waals surface area contributed by atoms with Gasteiger partial charge in [-0.1, -0.05) is 42.5 Å². The first-order valence-corrected chi connectivity index (χ1v) is 9.51. The lowest BCUT2D eigenvalue weighted by Gasteiger charge is -2.13. The molecule has 4 aromatic carbocycles. The minimum Gasteiger partial charge on any atom is -0.356 e. The number of aromatic nitrogens is 1. The van der Waals surface area contributed by atoms with Gasteiger partial charge in [0.25, 0.3) is 5.56 Å². The zero-order valence-corrected chi connectivity index (χ0v) is 15.6. The Morgan fingerprint density at radius 1 is 0.586 bits per heavy atom. The molecule has 0 spiro atoms. The van der Waals surface area contributed by atoms with Crippen molar-refractivity contribution in [3.8, 4) is 0 Å². The lowest BCUT2D eigenvalue weighted by molar-refractivity contribution is 1.34. The van der Waals surface area contributed by atoms with Gasteiger partial charge in [-0.15, -0.1) is 0 Å². The van der Waals surface area contributed by atoms with Gasteiger partial charge in [0.15, 0.2) is 0 Å². The molecule has 0 radical (unpaired) electrons. The van der Waals surface area contributed by atoms with E-state index in [0.29, 0.717) is 5.39 Å². The van der Waals surface area contributed by atoms with Crippen LogP contribution in [0.1, 0.15) is 0 Å². The van der Waals surface area contributed by atoms with Crippen LogP contribution >= 0.6 is 0 Å². The topological polar surface area (TPSA) is 56.9 Å². The average Bonchev–Trinajstić information content (AvgIpc) is 2.76. The molecule has 4 heteroatoms. The van der Waals surface area contributed by atoms with Gasteiger partial charge in [-0.3, -0.25) is 4.79 Å². The second-order valence-electron chi connectivity index (χ2n) is 6.92. The molecule has 1 aromatic heterocycles. The van der Waals surface area contributed by atoms with Gasteiger partial charge in [-0.2, -0.15) is 0 Å². The normalized spacial score (nSPS) is 10.9. The molecule has 0 aliphatic heterocycles. The molecule has 5 aromatic rings. The van der Waals surface area contributed by atoms with Crippen molar-refractivity contribution in [2.24, 2.45) is 0 Å². The maximum atomic E-state index is 12.7. The third-order valence-corrected chi connectivity index (χ3v) is 4.96. The van der Waals surface area contributed by atoms with Gasteiger partial charge in [0.05, 0.1) is 0 Å². The number of benzene rings is 4. The van der Waals surface area contributed by atoms with Crippen LogP contribution in [-0.4, -0.2) is 4.98 Å². The first-order valence-electron chi connectivity index (χ1n) is 9.51. The summed E-state index contributed by atoms with van der Waals surface area (Å²) < 4.78 is 0. The van der Waals surface area contributed by atoms with Gasteiger partial charge in [0.2, 0.25) is 0 Å². The first-order chi connectivity index (χ1) is 14.3. The molecule has 0 amide bonds. The molecule has 0 saturated carbocycles. The van der Waals surface area contributed by atoms with E-state index in [0.717, 1.165) is 39.0 Å². The van der Waals surface area contributed by atoms with Gasteiger partial charge in [0, 0.05) is 44.4 Å². The molecular formula is C25H19N3O. The Morgan fingerprint density at radius 3 is 2.00 bits per heavy atom. The molecule has 5 rings (SSSR count). The summed E-state index contributed by atoms with van der Waals surface area (Å²) in [6.45, 7) is 0. The Kier molecular flexibility index (Phi) is 4.22. The van der Waals surface area contributed by atoms with Crippen molar-refractivity contribution in [2.45, 2.75) is 0 Å². The van der Waals surface area contributed by atoms with E-state index >= 15 is 0 Å². The maximum Gasteiger partial charge on any atom is 0.256 e. The second kappa shape index (κ2) is 7.17. The van der Waals surface area contributed by atoms with Crippen molar-refractivity contribution in [2.75, 3.05) is 10.6 Å². The third kappa shape index (κ3) is 3.32. The Labute approximate surface area is 167 Å². The summed E-state index contributed by atoms with van der Waals surface area (Å²) in [6.07, 6.45) is 0. The molecule has 1 heterocycles. The molecule has 0 fully saturated rings. The van der Waals surface area contributed by atoms with Crippen LogP contribution in [0.15, 0.2) is 102 Å². The van der Waals surface area contributed by atoms with E-state index in [2.05, 4.69) is 21.7 Å². The number of nitrogens with one attached hydrogen (secondary N) is 3. The van der Waals surface area contributed by atoms with Crippen molar-refractivity contribution in [3.05, 3.63) is 107 Å². The van der Waals surface area contributed by atoms with Crippen LogP contribution < -0.4 is 16.2 Å². The summed E-state index contributed by atoms with van der Waals surface area (Å²) in [5.74, 6) is 0. The highest BCUT2D eigenvalue weighted by Crippen LogP contribution is 2.32. The van der Waals surface area contributed by atoms with Crippen molar-refractivity contribution < 1.29 is 0 Å². The quantitative estimate of drug-likeness (QED) is 0.328. The SMILES string of the molecule is O=c1[nH]c2ccc(Nc3ccccc3)cc2c2c(Nc3ccccc3)cccc12. The van der Waals surface area contributed by atoms with Crippen molar-refractivity contribution >= 4 is 44.4 Å². The van der Waals surface area contributed by atoms with Crippen LogP contribution in [-0.2, 0) is 0 Å². The summed E-state index contributed by atoms with van der Waals surface area (Å²) in [4.78, 5) is 15.7. The smallest absolute Gasteiger partial charge is 0.256 e. The van der Waals surface area contributed by atoms with Gasteiger partial charge in [-0.25, -0.2) is 0 Å². The molecule has 3 N–H and O–H groups in total. The number of hydrogen-bond donors (Lipinski definition) is 3. The number of pyridine rings is 1. The Bertz CT molecular complexity index is 1360. The van der Waals surface area contributed by atoms with E-state index in [1.165, 1.54) is 0 Å². The Morgan fingerprint density at radius 2 is 1.28 bits per heavy atom.